The summed E-state index contributed by atoms with van der Waals surface area (Å²) in [5, 5.41) is 1.99. The summed E-state index contributed by atoms with van der Waals surface area (Å²) >= 11 is 1.60. The van der Waals surface area contributed by atoms with E-state index in [0.717, 1.165) is 21.8 Å². The van der Waals surface area contributed by atoms with Crippen LogP contribution in [0.3, 0.4) is 0 Å². The van der Waals surface area contributed by atoms with Crippen LogP contribution in [0.25, 0.3) is 5.57 Å². The Labute approximate surface area is 157 Å². The molecular formula is C21H22O4S. The Morgan fingerprint density at radius 3 is 2.54 bits per heavy atom. The van der Waals surface area contributed by atoms with Gasteiger partial charge in [-0.3, -0.25) is 9.59 Å². The van der Waals surface area contributed by atoms with Crippen LogP contribution in [0.2, 0.25) is 0 Å². The molecule has 5 heteroatoms. The van der Waals surface area contributed by atoms with Gasteiger partial charge in [-0.15, -0.1) is 11.3 Å². The van der Waals surface area contributed by atoms with Gasteiger partial charge in [-0.2, -0.15) is 0 Å². The zero-order valence-electron chi connectivity index (χ0n) is 14.9. The molecule has 0 spiro atoms. The van der Waals surface area contributed by atoms with Gasteiger partial charge in [0.25, 0.3) is 0 Å². The zero-order valence-corrected chi connectivity index (χ0v) is 15.8. The second-order valence-corrected chi connectivity index (χ2v) is 7.04. The molecule has 0 unspecified atom stereocenters. The highest BCUT2D eigenvalue weighted by Gasteiger charge is 2.39. The molecule has 0 bridgehead atoms. The molecule has 1 aliphatic rings. The molecule has 0 radical (unpaired) electrons. The number of benzene rings is 1. The summed E-state index contributed by atoms with van der Waals surface area (Å²) < 4.78 is 10.7. The number of hydrogen-bond donors (Lipinski definition) is 0. The van der Waals surface area contributed by atoms with Gasteiger partial charge in [0.05, 0.1) is 13.2 Å². The van der Waals surface area contributed by atoms with Crippen molar-refractivity contribution in [1.82, 2.24) is 0 Å². The van der Waals surface area contributed by atoms with E-state index in [9.17, 15) is 9.59 Å². The minimum absolute atomic E-state index is 0.183. The maximum absolute atomic E-state index is 12.8. The molecule has 1 heterocycles. The molecule has 1 aromatic heterocycles. The standard InChI is InChI=1S/C21H22O4S/c1-3-24-16-9-7-14(8-10-16)17-12-15(19-6-5-11-26-19)13-18(22)20(17)21(23)25-4-2/h5-11,13,17,20H,3-4,12H2,1-2H3/t17-,20+/m1/s1. The molecule has 1 aliphatic carbocycles. The zero-order chi connectivity index (χ0) is 18.5. The molecule has 0 N–H and O–H groups in total. The van der Waals surface area contributed by atoms with Gasteiger partial charge in [0.15, 0.2) is 5.78 Å². The molecular weight excluding hydrogens is 348 g/mol. The molecule has 0 saturated carbocycles. The number of ketones is 1. The van der Waals surface area contributed by atoms with Crippen LogP contribution in [0.1, 0.15) is 36.6 Å². The average molecular weight is 370 g/mol. The molecule has 2 atom stereocenters. The molecule has 1 aromatic carbocycles. The number of carbonyl (C=O) groups is 2. The number of allylic oxidation sites excluding steroid dienone is 2. The molecule has 0 fully saturated rings. The number of carbonyl (C=O) groups excluding carboxylic acids is 2. The van der Waals surface area contributed by atoms with Crippen molar-refractivity contribution in [2.45, 2.75) is 26.2 Å². The molecule has 26 heavy (non-hydrogen) atoms. The van der Waals surface area contributed by atoms with Crippen LogP contribution in [0.5, 0.6) is 5.75 Å². The Morgan fingerprint density at radius 1 is 1.15 bits per heavy atom. The summed E-state index contributed by atoms with van der Waals surface area (Å²) in [4.78, 5) is 26.3. The molecule has 4 nitrogen and oxygen atoms in total. The molecule has 0 aliphatic heterocycles. The quantitative estimate of drug-likeness (QED) is 0.556. The SMILES string of the molecule is CCOC(=O)[C@@H]1C(=O)C=C(c2cccs2)C[C@@H]1c1ccc(OCC)cc1. The first-order valence-corrected chi connectivity index (χ1v) is 9.69. The average Bonchev–Trinajstić information content (AvgIpc) is 3.17. The van der Waals surface area contributed by atoms with E-state index in [1.807, 2.05) is 48.7 Å². The summed E-state index contributed by atoms with van der Waals surface area (Å²) in [6, 6.07) is 11.6. The van der Waals surface area contributed by atoms with Gasteiger partial charge in [-0.25, -0.2) is 0 Å². The Bertz CT molecular complexity index is 790. The van der Waals surface area contributed by atoms with Crippen LogP contribution >= 0.6 is 11.3 Å². The van der Waals surface area contributed by atoms with Crippen molar-refractivity contribution in [2.24, 2.45) is 5.92 Å². The van der Waals surface area contributed by atoms with Gasteiger partial charge >= 0.3 is 5.97 Å². The van der Waals surface area contributed by atoms with Gasteiger partial charge in [-0.1, -0.05) is 18.2 Å². The van der Waals surface area contributed by atoms with E-state index in [4.69, 9.17) is 9.47 Å². The third-order valence-corrected chi connectivity index (χ3v) is 5.41. The molecule has 0 saturated heterocycles. The third kappa shape index (κ3) is 3.88. The highest BCUT2D eigenvalue weighted by molar-refractivity contribution is 7.11. The van der Waals surface area contributed by atoms with E-state index in [0.29, 0.717) is 13.0 Å². The summed E-state index contributed by atoms with van der Waals surface area (Å²) in [6.45, 7) is 4.55. The molecule has 136 valence electrons. The predicted octanol–water partition coefficient (Wildman–Crippen LogP) is 4.47. The van der Waals surface area contributed by atoms with Crippen molar-refractivity contribution in [1.29, 1.82) is 0 Å². The van der Waals surface area contributed by atoms with Crippen molar-refractivity contribution in [3.63, 3.8) is 0 Å². The maximum Gasteiger partial charge on any atom is 0.317 e. The predicted molar refractivity (Wildman–Crippen MR) is 102 cm³/mol. The fraction of sp³-hybridized carbons (Fsp3) is 0.333. The Balaban J connectivity index is 1.95. The topological polar surface area (TPSA) is 52.6 Å². The van der Waals surface area contributed by atoms with E-state index in [2.05, 4.69) is 0 Å². The van der Waals surface area contributed by atoms with Crippen molar-refractivity contribution in [2.75, 3.05) is 13.2 Å². The van der Waals surface area contributed by atoms with Crippen molar-refractivity contribution in [3.8, 4) is 5.75 Å². The van der Waals surface area contributed by atoms with E-state index < -0.39 is 11.9 Å². The van der Waals surface area contributed by atoms with E-state index in [1.165, 1.54) is 0 Å². The summed E-state index contributed by atoms with van der Waals surface area (Å²) in [5.41, 5.74) is 1.92. The smallest absolute Gasteiger partial charge is 0.317 e. The lowest BCUT2D eigenvalue weighted by molar-refractivity contribution is -0.151. The number of esters is 1. The number of hydrogen-bond acceptors (Lipinski definition) is 5. The van der Waals surface area contributed by atoms with E-state index >= 15 is 0 Å². The minimum Gasteiger partial charge on any atom is -0.494 e. The van der Waals surface area contributed by atoms with E-state index in [1.54, 1.807) is 24.3 Å². The maximum atomic E-state index is 12.8. The van der Waals surface area contributed by atoms with Crippen LogP contribution in [0, 0.1) is 5.92 Å². The Morgan fingerprint density at radius 2 is 1.92 bits per heavy atom. The largest absolute Gasteiger partial charge is 0.494 e. The van der Waals surface area contributed by atoms with Gasteiger partial charge < -0.3 is 9.47 Å². The van der Waals surface area contributed by atoms with Crippen LogP contribution < -0.4 is 4.74 Å². The van der Waals surface area contributed by atoms with Crippen LogP contribution in [0.15, 0.2) is 47.9 Å². The van der Waals surface area contributed by atoms with Gasteiger partial charge in [-0.05, 0) is 61.1 Å². The lowest BCUT2D eigenvalue weighted by Gasteiger charge is -2.29. The van der Waals surface area contributed by atoms with Crippen molar-refractivity contribution >= 4 is 28.7 Å². The molecule has 0 amide bonds. The fourth-order valence-corrected chi connectivity index (χ4v) is 4.06. The molecule has 3 rings (SSSR count). The lowest BCUT2D eigenvalue weighted by Crippen LogP contribution is -2.33. The second-order valence-electron chi connectivity index (χ2n) is 6.09. The van der Waals surface area contributed by atoms with Gasteiger partial charge in [0, 0.05) is 10.8 Å². The van der Waals surface area contributed by atoms with Crippen LogP contribution in [-0.2, 0) is 14.3 Å². The summed E-state index contributed by atoms with van der Waals surface area (Å²) in [6.07, 6.45) is 2.24. The first-order valence-electron chi connectivity index (χ1n) is 8.81. The number of thiophene rings is 1. The van der Waals surface area contributed by atoms with Crippen LogP contribution in [-0.4, -0.2) is 25.0 Å². The van der Waals surface area contributed by atoms with Gasteiger partial charge in [0.2, 0.25) is 0 Å². The van der Waals surface area contributed by atoms with Crippen LogP contribution in [0.4, 0.5) is 0 Å². The highest BCUT2D eigenvalue weighted by Crippen LogP contribution is 2.41. The summed E-state index contributed by atoms with van der Waals surface area (Å²) in [7, 11) is 0. The fourth-order valence-electron chi connectivity index (χ4n) is 3.31. The normalized spacial score (nSPS) is 19.8. The van der Waals surface area contributed by atoms with E-state index in [-0.39, 0.29) is 18.3 Å². The second kappa shape index (κ2) is 8.32. The number of ether oxygens (including phenoxy) is 2. The highest BCUT2D eigenvalue weighted by atomic mass is 32.1. The van der Waals surface area contributed by atoms with Crippen molar-refractivity contribution < 1.29 is 19.1 Å². The lowest BCUT2D eigenvalue weighted by atomic mass is 9.74. The first kappa shape index (κ1) is 18.4. The van der Waals surface area contributed by atoms with Crippen molar-refractivity contribution in [3.05, 3.63) is 58.3 Å². The Hall–Kier alpha value is -2.40. The number of rotatable bonds is 6. The van der Waals surface area contributed by atoms with Gasteiger partial charge in [0.1, 0.15) is 11.7 Å². The monoisotopic (exact) mass is 370 g/mol. The summed E-state index contributed by atoms with van der Waals surface area (Å²) in [5.74, 6) is -0.883. The Kier molecular flexibility index (Phi) is 5.89. The first-order chi connectivity index (χ1) is 12.6. The minimum atomic E-state index is -0.795. The molecule has 2 aromatic rings. The third-order valence-electron chi connectivity index (χ3n) is 4.46.